The average Bonchev–Trinajstić information content (AvgIpc) is 3.20. The molecule has 0 aromatic heterocycles. The predicted octanol–water partition coefficient (Wildman–Crippen LogP) is 4.71. The van der Waals surface area contributed by atoms with Crippen LogP contribution in [-0.4, -0.2) is 35.1 Å². The molecule has 1 aliphatic heterocycles. The summed E-state index contributed by atoms with van der Waals surface area (Å²) in [7, 11) is 0. The quantitative estimate of drug-likeness (QED) is 0.148. The Balaban J connectivity index is 1.27. The number of anilines is 1. The Labute approximate surface area is 218 Å². The van der Waals surface area contributed by atoms with E-state index in [-0.39, 0.29) is 46.2 Å². The minimum absolute atomic E-state index is 0.0467. The molecule has 0 unspecified atom stereocenters. The number of carbonyl (C=O) groups excluding carboxylic acids is 4. The van der Waals surface area contributed by atoms with Crippen molar-refractivity contribution in [1.82, 2.24) is 0 Å². The van der Waals surface area contributed by atoms with Crippen molar-refractivity contribution in [3.8, 4) is 0 Å². The molecule has 1 heterocycles. The van der Waals surface area contributed by atoms with Crippen LogP contribution in [-0.2, 0) is 14.3 Å². The van der Waals surface area contributed by atoms with Gasteiger partial charge in [0.05, 0.1) is 28.0 Å². The summed E-state index contributed by atoms with van der Waals surface area (Å²) in [6.07, 6.45) is 2.03. The lowest BCUT2D eigenvalue weighted by atomic mass is 9.73. The predicted molar refractivity (Wildman–Crippen MR) is 137 cm³/mol. The van der Waals surface area contributed by atoms with Crippen molar-refractivity contribution in [3.05, 3.63) is 106 Å². The van der Waals surface area contributed by atoms with E-state index in [0.29, 0.717) is 12.8 Å². The number of nitro groups is 1. The van der Waals surface area contributed by atoms with Gasteiger partial charge in [-0.25, -0.2) is 4.79 Å². The molecule has 5 rings (SSSR count). The van der Waals surface area contributed by atoms with Crippen LogP contribution < -0.4 is 4.90 Å². The number of esters is 1. The third-order valence-electron chi connectivity index (χ3n) is 7.25. The van der Waals surface area contributed by atoms with Crippen LogP contribution in [0, 0.1) is 22.0 Å². The maximum absolute atomic E-state index is 13.4. The number of hydrogen-bond acceptors (Lipinski definition) is 7. The molecule has 0 spiro atoms. The van der Waals surface area contributed by atoms with Crippen LogP contribution in [0.3, 0.4) is 0 Å². The normalized spacial score (nSPS) is 20.6. The number of fused-ring (bicyclic) bond motifs is 1. The zero-order chi connectivity index (χ0) is 26.8. The van der Waals surface area contributed by atoms with E-state index in [1.807, 2.05) is 30.3 Å². The molecule has 38 heavy (non-hydrogen) atoms. The molecule has 1 saturated carbocycles. The lowest BCUT2D eigenvalue weighted by Gasteiger charge is -2.28. The highest BCUT2D eigenvalue weighted by Crippen LogP contribution is 2.45. The fourth-order valence-electron chi connectivity index (χ4n) is 5.32. The molecule has 0 radical (unpaired) electrons. The molecule has 9 heteroatoms. The van der Waals surface area contributed by atoms with Crippen molar-refractivity contribution in [2.24, 2.45) is 11.8 Å². The molecule has 1 aliphatic carbocycles. The first-order chi connectivity index (χ1) is 18.3. The standard InChI is InChI=1S/C29H24N2O7/c32-26(20-8-4-11-23(14-20)31(36)37)17-38-29(35)21-9-5-10-22(15-21)30-27(33)24-13-12-19(16-25(24)28(30)34)18-6-2-1-3-7-18/h1-11,14-15,19,24-25H,12-13,16-17H2/t19-,24+,25-/m1/s1. The van der Waals surface area contributed by atoms with Gasteiger partial charge in [0.2, 0.25) is 17.6 Å². The lowest BCUT2D eigenvalue weighted by Crippen LogP contribution is -2.31. The number of carbonyl (C=O) groups is 4. The van der Waals surface area contributed by atoms with Crippen molar-refractivity contribution in [2.45, 2.75) is 25.2 Å². The van der Waals surface area contributed by atoms with Crippen LogP contribution in [0.25, 0.3) is 0 Å². The SMILES string of the molecule is O=C(COC(=O)c1cccc(N2C(=O)[C@H]3CC[C@@H](c4ccccc4)C[C@H]3C2=O)c1)c1cccc([N+](=O)[O-])c1. The van der Waals surface area contributed by atoms with Gasteiger partial charge in [0.1, 0.15) is 0 Å². The summed E-state index contributed by atoms with van der Waals surface area (Å²) in [5.74, 6) is -2.54. The van der Waals surface area contributed by atoms with Crippen LogP contribution in [0.1, 0.15) is 51.5 Å². The van der Waals surface area contributed by atoms with Gasteiger partial charge in [0.25, 0.3) is 5.69 Å². The first-order valence-corrected chi connectivity index (χ1v) is 12.3. The summed E-state index contributed by atoms with van der Waals surface area (Å²) in [4.78, 5) is 63.1. The molecule has 3 aromatic rings. The maximum Gasteiger partial charge on any atom is 0.338 e. The zero-order valence-electron chi connectivity index (χ0n) is 20.3. The molecule has 3 atom stereocenters. The number of rotatable bonds is 7. The highest BCUT2D eigenvalue weighted by Gasteiger charge is 2.50. The van der Waals surface area contributed by atoms with Crippen LogP contribution in [0.4, 0.5) is 11.4 Å². The van der Waals surface area contributed by atoms with E-state index in [2.05, 4.69) is 0 Å². The Morgan fingerprint density at radius 3 is 2.34 bits per heavy atom. The van der Waals surface area contributed by atoms with Gasteiger partial charge < -0.3 is 4.74 Å². The van der Waals surface area contributed by atoms with Gasteiger partial charge in [0, 0.05) is 17.7 Å². The Hall–Kier alpha value is -4.66. The third-order valence-corrected chi connectivity index (χ3v) is 7.25. The van der Waals surface area contributed by atoms with E-state index in [1.165, 1.54) is 30.3 Å². The fourth-order valence-corrected chi connectivity index (χ4v) is 5.32. The minimum atomic E-state index is -0.814. The number of hydrogen-bond donors (Lipinski definition) is 0. The van der Waals surface area contributed by atoms with Crippen molar-refractivity contribution >= 4 is 34.9 Å². The molecule has 2 aliphatic rings. The molecule has 1 saturated heterocycles. The summed E-state index contributed by atoms with van der Waals surface area (Å²) in [6, 6.07) is 21.1. The van der Waals surface area contributed by atoms with E-state index >= 15 is 0 Å². The van der Waals surface area contributed by atoms with E-state index in [0.717, 1.165) is 23.0 Å². The maximum atomic E-state index is 13.4. The largest absolute Gasteiger partial charge is 0.454 e. The second-order valence-corrected chi connectivity index (χ2v) is 9.50. The molecule has 0 bridgehead atoms. The molecule has 9 nitrogen and oxygen atoms in total. The summed E-state index contributed by atoms with van der Waals surface area (Å²) in [5.41, 5.74) is 1.32. The van der Waals surface area contributed by atoms with E-state index in [9.17, 15) is 29.3 Å². The zero-order valence-corrected chi connectivity index (χ0v) is 20.3. The molecular weight excluding hydrogens is 488 g/mol. The Morgan fingerprint density at radius 1 is 0.868 bits per heavy atom. The number of ether oxygens (including phenoxy) is 1. The smallest absolute Gasteiger partial charge is 0.338 e. The number of nitrogens with zero attached hydrogens (tertiary/aromatic N) is 2. The van der Waals surface area contributed by atoms with Crippen LogP contribution >= 0.6 is 0 Å². The Bertz CT molecular complexity index is 1440. The van der Waals surface area contributed by atoms with Crippen molar-refractivity contribution in [2.75, 3.05) is 11.5 Å². The summed E-state index contributed by atoms with van der Waals surface area (Å²) >= 11 is 0. The van der Waals surface area contributed by atoms with Gasteiger partial charge in [-0.1, -0.05) is 48.5 Å². The molecule has 2 amide bonds. The van der Waals surface area contributed by atoms with E-state index in [1.54, 1.807) is 12.1 Å². The van der Waals surface area contributed by atoms with Crippen molar-refractivity contribution in [1.29, 1.82) is 0 Å². The van der Waals surface area contributed by atoms with Gasteiger partial charge in [0.15, 0.2) is 6.61 Å². The first-order valence-electron chi connectivity index (χ1n) is 12.3. The molecule has 3 aromatic carbocycles. The molecule has 2 fully saturated rings. The molecule has 0 N–H and O–H groups in total. The lowest BCUT2D eigenvalue weighted by molar-refractivity contribution is -0.384. The molecule has 192 valence electrons. The molecular formula is C29H24N2O7. The number of amides is 2. The van der Waals surface area contributed by atoms with Gasteiger partial charge in [-0.05, 0) is 48.9 Å². The number of benzene rings is 3. The van der Waals surface area contributed by atoms with Gasteiger partial charge in [-0.3, -0.25) is 29.4 Å². The number of imide groups is 1. The summed E-state index contributed by atoms with van der Waals surface area (Å²) in [5, 5.41) is 10.9. The Morgan fingerprint density at radius 2 is 1.58 bits per heavy atom. The monoisotopic (exact) mass is 512 g/mol. The second kappa shape index (κ2) is 10.4. The third kappa shape index (κ3) is 4.82. The number of ketones is 1. The van der Waals surface area contributed by atoms with Crippen LogP contribution in [0.5, 0.6) is 0 Å². The van der Waals surface area contributed by atoms with Gasteiger partial charge in [-0.15, -0.1) is 0 Å². The summed E-state index contributed by atoms with van der Waals surface area (Å²) in [6.45, 7) is -0.614. The van der Waals surface area contributed by atoms with Gasteiger partial charge >= 0.3 is 5.97 Å². The minimum Gasteiger partial charge on any atom is -0.454 e. The van der Waals surface area contributed by atoms with E-state index in [4.69, 9.17) is 4.74 Å². The fraction of sp³-hybridized carbons (Fsp3) is 0.241. The van der Waals surface area contributed by atoms with Crippen molar-refractivity contribution < 1.29 is 28.8 Å². The van der Waals surface area contributed by atoms with Crippen LogP contribution in [0.2, 0.25) is 0 Å². The topological polar surface area (TPSA) is 124 Å². The van der Waals surface area contributed by atoms with Crippen molar-refractivity contribution in [3.63, 3.8) is 0 Å². The first kappa shape index (κ1) is 25.0. The summed E-state index contributed by atoms with van der Waals surface area (Å²) < 4.78 is 5.13. The highest BCUT2D eigenvalue weighted by molar-refractivity contribution is 6.22. The van der Waals surface area contributed by atoms with E-state index < -0.39 is 29.2 Å². The second-order valence-electron chi connectivity index (χ2n) is 9.50. The van der Waals surface area contributed by atoms with Gasteiger partial charge in [-0.2, -0.15) is 0 Å². The Kier molecular flexibility index (Phi) is 6.83. The number of Topliss-reactive ketones (excluding diaryl/α,β-unsaturated/α-hetero) is 1. The number of nitro benzene ring substituents is 1. The number of non-ortho nitro benzene ring substituents is 1. The average molecular weight is 513 g/mol. The highest BCUT2D eigenvalue weighted by atomic mass is 16.6. The van der Waals surface area contributed by atoms with Crippen LogP contribution in [0.15, 0.2) is 78.9 Å².